The molecule has 1 rings (SSSR count). The molecule has 0 saturated carbocycles. The second-order valence-corrected chi connectivity index (χ2v) is 6.09. The number of hydrogen-bond donors (Lipinski definition) is 2. The van der Waals surface area contributed by atoms with Crippen molar-refractivity contribution >= 4 is 11.3 Å². The predicted molar refractivity (Wildman–Crippen MR) is 73.4 cm³/mol. The molecule has 0 aromatic carbocycles. The van der Waals surface area contributed by atoms with Gasteiger partial charge in [-0.1, -0.05) is 33.8 Å². The molecule has 1 aromatic rings. The summed E-state index contributed by atoms with van der Waals surface area (Å²) in [5, 5.41) is 9.07. The van der Waals surface area contributed by atoms with Gasteiger partial charge in [0.05, 0.1) is 0 Å². The molecule has 3 heteroatoms. The lowest BCUT2D eigenvalue weighted by Crippen LogP contribution is -2.37. The Morgan fingerprint density at radius 2 is 2.06 bits per heavy atom. The molecule has 0 bridgehead atoms. The Balaban J connectivity index is 2.22. The van der Waals surface area contributed by atoms with Crippen molar-refractivity contribution in [1.82, 2.24) is 10.6 Å². The maximum absolute atomic E-state index is 3.51. The molecule has 0 aliphatic heterocycles. The molecule has 1 heterocycles. The van der Waals surface area contributed by atoms with E-state index in [9.17, 15) is 0 Å². The van der Waals surface area contributed by atoms with Crippen molar-refractivity contribution in [2.45, 2.75) is 39.2 Å². The first kappa shape index (κ1) is 13.7. The number of thiophene rings is 1. The Morgan fingerprint density at radius 3 is 2.62 bits per heavy atom. The van der Waals surface area contributed by atoms with Crippen molar-refractivity contribution in [2.24, 2.45) is 0 Å². The Labute approximate surface area is 103 Å². The minimum absolute atomic E-state index is 0.242. The molecule has 0 aliphatic rings. The Hall–Kier alpha value is -0.380. The fraction of sp³-hybridized carbons (Fsp3) is 0.692. The van der Waals surface area contributed by atoms with E-state index >= 15 is 0 Å². The van der Waals surface area contributed by atoms with E-state index in [2.05, 4.69) is 55.8 Å². The summed E-state index contributed by atoms with van der Waals surface area (Å²) < 4.78 is 0. The molecular formula is C13H24N2S. The third-order valence-corrected chi connectivity index (χ3v) is 3.85. The average Bonchev–Trinajstić information content (AvgIpc) is 2.69. The van der Waals surface area contributed by atoms with Gasteiger partial charge in [-0.2, -0.15) is 0 Å². The first-order valence-electron chi connectivity index (χ1n) is 6.00. The topological polar surface area (TPSA) is 24.1 Å². The molecule has 0 radical (unpaired) electrons. The maximum atomic E-state index is 3.51. The summed E-state index contributed by atoms with van der Waals surface area (Å²) in [6.07, 6.45) is 0. The molecule has 16 heavy (non-hydrogen) atoms. The SMILES string of the molecule is CC(C)NCCNCC(C)(C)c1cccs1. The molecule has 0 atom stereocenters. The molecular weight excluding hydrogens is 216 g/mol. The molecule has 0 amide bonds. The summed E-state index contributed by atoms with van der Waals surface area (Å²) in [6.45, 7) is 12.0. The third-order valence-electron chi connectivity index (χ3n) is 2.61. The maximum Gasteiger partial charge on any atom is 0.0115 e. The minimum atomic E-state index is 0.242. The van der Waals surface area contributed by atoms with Crippen LogP contribution >= 0.6 is 11.3 Å². The van der Waals surface area contributed by atoms with Gasteiger partial charge in [0.1, 0.15) is 0 Å². The van der Waals surface area contributed by atoms with Crippen molar-refractivity contribution < 1.29 is 0 Å². The fourth-order valence-corrected chi connectivity index (χ4v) is 2.45. The highest BCUT2D eigenvalue weighted by atomic mass is 32.1. The van der Waals surface area contributed by atoms with Gasteiger partial charge in [0.2, 0.25) is 0 Å². The number of nitrogens with one attached hydrogen (secondary N) is 2. The Kier molecular flexibility index (Phi) is 5.46. The molecule has 0 fully saturated rings. The molecule has 92 valence electrons. The van der Waals surface area contributed by atoms with Crippen LogP contribution in [-0.4, -0.2) is 25.7 Å². The molecule has 2 nitrogen and oxygen atoms in total. The Bertz CT molecular complexity index is 278. The van der Waals surface area contributed by atoms with E-state index in [1.807, 2.05) is 11.3 Å². The monoisotopic (exact) mass is 240 g/mol. The lowest BCUT2D eigenvalue weighted by molar-refractivity contribution is 0.465. The standard InChI is InChI=1S/C13H24N2S/c1-11(2)15-8-7-14-10-13(3,4)12-6-5-9-16-12/h5-6,9,11,14-15H,7-8,10H2,1-4H3. The average molecular weight is 240 g/mol. The summed E-state index contributed by atoms with van der Waals surface area (Å²) >= 11 is 1.84. The molecule has 0 unspecified atom stereocenters. The normalized spacial score (nSPS) is 12.3. The van der Waals surface area contributed by atoms with Gasteiger partial charge >= 0.3 is 0 Å². The highest BCUT2D eigenvalue weighted by Gasteiger charge is 2.20. The van der Waals surface area contributed by atoms with E-state index in [0.717, 1.165) is 19.6 Å². The van der Waals surface area contributed by atoms with Crippen molar-refractivity contribution in [1.29, 1.82) is 0 Å². The predicted octanol–water partition coefficient (Wildman–Crippen LogP) is 2.61. The van der Waals surface area contributed by atoms with Crippen LogP contribution in [-0.2, 0) is 5.41 Å². The van der Waals surface area contributed by atoms with Gasteiger partial charge in [0, 0.05) is 36.0 Å². The molecule has 0 aliphatic carbocycles. The van der Waals surface area contributed by atoms with Crippen LogP contribution in [0.2, 0.25) is 0 Å². The van der Waals surface area contributed by atoms with Gasteiger partial charge in [-0.3, -0.25) is 0 Å². The zero-order valence-corrected chi connectivity index (χ0v) is 11.7. The van der Waals surface area contributed by atoms with Crippen molar-refractivity contribution in [3.63, 3.8) is 0 Å². The van der Waals surface area contributed by atoms with Crippen LogP contribution in [0, 0.1) is 0 Å². The van der Waals surface area contributed by atoms with Crippen LogP contribution in [0.1, 0.15) is 32.6 Å². The molecule has 2 N–H and O–H groups in total. The third kappa shape index (κ3) is 4.64. The van der Waals surface area contributed by atoms with Crippen LogP contribution < -0.4 is 10.6 Å². The summed E-state index contributed by atoms with van der Waals surface area (Å²) in [6, 6.07) is 4.92. The van der Waals surface area contributed by atoms with Gasteiger partial charge in [0.25, 0.3) is 0 Å². The van der Waals surface area contributed by atoms with Crippen molar-refractivity contribution in [3.05, 3.63) is 22.4 Å². The summed E-state index contributed by atoms with van der Waals surface area (Å²) in [5.41, 5.74) is 0.242. The van der Waals surface area contributed by atoms with Gasteiger partial charge in [-0.05, 0) is 11.4 Å². The smallest absolute Gasteiger partial charge is 0.0115 e. The summed E-state index contributed by atoms with van der Waals surface area (Å²) in [5.74, 6) is 0. The van der Waals surface area contributed by atoms with Crippen LogP contribution in [0.4, 0.5) is 0 Å². The quantitative estimate of drug-likeness (QED) is 0.716. The molecule has 1 aromatic heterocycles. The van der Waals surface area contributed by atoms with Gasteiger partial charge in [-0.25, -0.2) is 0 Å². The van der Waals surface area contributed by atoms with E-state index < -0.39 is 0 Å². The lowest BCUT2D eigenvalue weighted by atomic mass is 9.91. The fourth-order valence-electron chi connectivity index (χ4n) is 1.60. The van der Waals surface area contributed by atoms with E-state index in [-0.39, 0.29) is 5.41 Å². The highest BCUT2D eigenvalue weighted by Crippen LogP contribution is 2.26. The van der Waals surface area contributed by atoms with E-state index in [1.54, 1.807) is 0 Å². The zero-order chi connectivity index (χ0) is 12.0. The van der Waals surface area contributed by atoms with Gasteiger partial charge in [0.15, 0.2) is 0 Å². The van der Waals surface area contributed by atoms with Crippen molar-refractivity contribution in [2.75, 3.05) is 19.6 Å². The largest absolute Gasteiger partial charge is 0.315 e. The summed E-state index contributed by atoms with van der Waals surface area (Å²) in [7, 11) is 0. The number of rotatable bonds is 7. The van der Waals surface area contributed by atoms with Crippen molar-refractivity contribution in [3.8, 4) is 0 Å². The van der Waals surface area contributed by atoms with Gasteiger partial charge < -0.3 is 10.6 Å². The second kappa shape index (κ2) is 6.38. The highest BCUT2D eigenvalue weighted by molar-refractivity contribution is 7.10. The Morgan fingerprint density at radius 1 is 1.31 bits per heavy atom. The first-order valence-corrected chi connectivity index (χ1v) is 6.88. The lowest BCUT2D eigenvalue weighted by Gasteiger charge is -2.24. The van der Waals surface area contributed by atoms with Gasteiger partial charge in [-0.15, -0.1) is 11.3 Å². The first-order chi connectivity index (χ1) is 7.52. The van der Waals surface area contributed by atoms with E-state index in [4.69, 9.17) is 0 Å². The molecule has 0 saturated heterocycles. The van der Waals surface area contributed by atoms with Crippen LogP contribution in [0.15, 0.2) is 17.5 Å². The number of hydrogen-bond acceptors (Lipinski definition) is 3. The second-order valence-electron chi connectivity index (χ2n) is 5.15. The van der Waals surface area contributed by atoms with Crippen LogP contribution in [0.5, 0.6) is 0 Å². The van der Waals surface area contributed by atoms with E-state index in [1.165, 1.54) is 4.88 Å². The minimum Gasteiger partial charge on any atom is -0.315 e. The zero-order valence-electron chi connectivity index (χ0n) is 10.8. The summed E-state index contributed by atoms with van der Waals surface area (Å²) in [4.78, 5) is 1.46. The van der Waals surface area contributed by atoms with Crippen LogP contribution in [0.3, 0.4) is 0 Å². The molecule has 0 spiro atoms. The van der Waals surface area contributed by atoms with E-state index in [0.29, 0.717) is 6.04 Å². The van der Waals surface area contributed by atoms with Crippen LogP contribution in [0.25, 0.3) is 0 Å².